The molecule has 26 heavy (non-hydrogen) atoms. The Bertz CT molecular complexity index is 739. The van der Waals surface area contributed by atoms with E-state index in [1.54, 1.807) is 17.0 Å². The van der Waals surface area contributed by atoms with E-state index in [0.29, 0.717) is 12.2 Å². The van der Waals surface area contributed by atoms with Crippen molar-refractivity contribution >= 4 is 11.6 Å². The molecule has 2 heterocycles. The van der Waals surface area contributed by atoms with Gasteiger partial charge in [-0.15, -0.1) is 0 Å². The third-order valence-corrected chi connectivity index (χ3v) is 5.59. The van der Waals surface area contributed by atoms with Crippen molar-refractivity contribution in [2.45, 2.75) is 44.1 Å². The van der Waals surface area contributed by atoms with E-state index in [-0.39, 0.29) is 17.3 Å². The molecule has 4 nitrogen and oxygen atoms in total. The molecular weight excluding hydrogens is 347 g/mol. The zero-order chi connectivity index (χ0) is 18.6. The molecule has 0 aromatic heterocycles. The smallest absolute Gasteiger partial charge is 0.425 e. The number of hydrogen-bond acceptors (Lipinski definition) is 3. The van der Waals surface area contributed by atoms with Gasteiger partial charge in [0.25, 0.3) is 0 Å². The van der Waals surface area contributed by atoms with Crippen LogP contribution in [0.15, 0.2) is 36.4 Å². The maximum absolute atomic E-state index is 13.0. The summed E-state index contributed by atoms with van der Waals surface area (Å²) >= 11 is 0. The van der Waals surface area contributed by atoms with Crippen LogP contribution in [0.25, 0.3) is 0 Å². The summed E-state index contributed by atoms with van der Waals surface area (Å²) in [6.07, 6.45) is 0.0818. The Labute approximate surface area is 149 Å². The lowest BCUT2D eigenvalue weighted by atomic mass is 9.74. The lowest BCUT2D eigenvalue weighted by Gasteiger charge is -2.29. The lowest BCUT2D eigenvalue weighted by Crippen LogP contribution is -2.36. The second kappa shape index (κ2) is 5.74. The van der Waals surface area contributed by atoms with Crippen molar-refractivity contribution in [1.82, 2.24) is 0 Å². The first-order valence-corrected chi connectivity index (χ1v) is 8.73. The molecule has 2 aliphatic heterocycles. The molecule has 0 N–H and O–H groups in total. The van der Waals surface area contributed by atoms with E-state index < -0.39 is 17.7 Å². The second-order valence-corrected chi connectivity index (χ2v) is 7.35. The van der Waals surface area contributed by atoms with Crippen LogP contribution in [-0.4, -0.2) is 36.9 Å². The van der Waals surface area contributed by atoms with Crippen molar-refractivity contribution in [3.05, 3.63) is 36.4 Å². The molecule has 1 aromatic rings. The normalized spacial score (nSPS) is 31.7. The van der Waals surface area contributed by atoms with Crippen LogP contribution >= 0.6 is 0 Å². The summed E-state index contributed by atoms with van der Waals surface area (Å²) in [5, 5.41) is 0. The van der Waals surface area contributed by atoms with Gasteiger partial charge in [-0.1, -0.05) is 12.2 Å². The quantitative estimate of drug-likeness (QED) is 0.602. The van der Waals surface area contributed by atoms with Crippen molar-refractivity contribution < 1.29 is 27.4 Å². The van der Waals surface area contributed by atoms with E-state index in [1.807, 2.05) is 12.2 Å². The highest BCUT2D eigenvalue weighted by atomic mass is 19.4. The number of benzene rings is 1. The molecule has 0 bridgehead atoms. The third-order valence-electron chi connectivity index (χ3n) is 5.59. The number of anilines is 1. The SMILES string of the molecule is C[C@@H](Oc1ccc(N2CCC3(C=CC4(CC3)CO4)C2=O)cc1)C(F)(F)F. The Hall–Kier alpha value is -2.02. The number of carbonyl (C=O) groups is 1. The van der Waals surface area contributed by atoms with Crippen molar-refractivity contribution in [3.63, 3.8) is 0 Å². The Morgan fingerprint density at radius 2 is 1.85 bits per heavy atom. The number of hydrogen-bond donors (Lipinski definition) is 0. The zero-order valence-electron chi connectivity index (χ0n) is 14.4. The van der Waals surface area contributed by atoms with Crippen molar-refractivity contribution in [2.75, 3.05) is 18.1 Å². The van der Waals surface area contributed by atoms with Crippen LogP contribution in [0.2, 0.25) is 0 Å². The average Bonchev–Trinajstić information content (AvgIpc) is 3.29. The van der Waals surface area contributed by atoms with Crippen LogP contribution in [0.3, 0.4) is 0 Å². The molecule has 3 atom stereocenters. The minimum absolute atomic E-state index is 0.0431. The molecule has 1 aliphatic carbocycles. The summed E-state index contributed by atoms with van der Waals surface area (Å²) < 4.78 is 48.1. The van der Waals surface area contributed by atoms with Gasteiger partial charge in [0.1, 0.15) is 11.4 Å². The lowest BCUT2D eigenvalue weighted by molar-refractivity contribution is -0.189. The van der Waals surface area contributed by atoms with Crippen LogP contribution in [0.1, 0.15) is 26.2 Å². The van der Waals surface area contributed by atoms with Gasteiger partial charge in [-0.05, 0) is 50.5 Å². The minimum Gasteiger partial charge on any atom is -0.481 e. The maximum atomic E-state index is 13.0. The van der Waals surface area contributed by atoms with E-state index in [1.165, 1.54) is 12.1 Å². The summed E-state index contributed by atoms with van der Waals surface area (Å²) in [4.78, 5) is 14.7. The Balaban J connectivity index is 1.46. The van der Waals surface area contributed by atoms with Gasteiger partial charge in [0.15, 0.2) is 6.10 Å². The molecule has 3 aliphatic rings. The van der Waals surface area contributed by atoms with E-state index in [4.69, 9.17) is 9.47 Å². The van der Waals surface area contributed by atoms with E-state index in [2.05, 4.69) is 0 Å². The summed E-state index contributed by atoms with van der Waals surface area (Å²) in [6.45, 7) is 2.29. The van der Waals surface area contributed by atoms with Crippen LogP contribution < -0.4 is 9.64 Å². The van der Waals surface area contributed by atoms with Gasteiger partial charge in [-0.2, -0.15) is 13.2 Å². The molecule has 1 aromatic carbocycles. The number of halogens is 3. The molecule has 2 saturated heterocycles. The highest BCUT2D eigenvalue weighted by molar-refractivity contribution is 6.01. The molecule has 0 radical (unpaired) electrons. The largest absolute Gasteiger partial charge is 0.481 e. The zero-order valence-corrected chi connectivity index (χ0v) is 14.4. The summed E-state index contributed by atoms with van der Waals surface area (Å²) in [5.74, 6) is 0.173. The van der Waals surface area contributed by atoms with E-state index in [9.17, 15) is 18.0 Å². The number of carbonyl (C=O) groups excluding carboxylic acids is 1. The maximum Gasteiger partial charge on any atom is 0.425 e. The van der Waals surface area contributed by atoms with E-state index >= 15 is 0 Å². The highest BCUT2D eigenvalue weighted by Gasteiger charge is 2.53. The number of amides is 1. The van der Waals surface area contributed by atoms with Crippen LogP contribution in [0.4, 0.5) is 18.9 Å². The van der Waals surface area contributed by atoms with Gasteiger partial charge in [0, 0.05) is 12.2 Å². The monoisotopic (exact) mass is 367 g/mol. The fourth-order valence-corrected chi connectivity index (χ4v) is 3.64. The van der Waals surface area contributed by atoms with Gasteiger partial charge < -0.3 is 14.4 Å². The van der Waals surface area contributed by atoms with Crippen LogP contribution in [0, 0.1) is 5.41 Å². The molecule has 1 amide bonds. The number of epoxide rings is 1. The molecule has 7 heteroatoms. The molecular formula is C19H20F3NO3. The average molecular weight is 367 g/mol. The first-order valence-electron chi connectivity index (χ1n) is 8.73. The predicted molar refractivity (Wildman–Crippen MR) is 89.0 cm³/mol. The van der Waals surface area contributed by atoms with Crippen LogP contribution in [0.5, 0.6) is 5.75 Å². The van der Waals surface area contributed by atoms with Gasteiger partial charge in [-0.25, -0.2) is 0 Å². The van der Waals surface area contributed by atoms with Gasteiger partial charge in [0.05, 0.1) is 12.0 Å². The number of rotatable bonds is 3. The third kappa shape index (κ3) is 2.98. The minimum atomic E-state index is -4.41. The van der Waals surface area contributed by atoms with Gasteiger partial charge in [-0.3, -0.25) is 4.79 Å². The first-order chi connectivity index (χ1) is 12.2. The van der Waals surface area contributed by atoms with Crippen molar-refractivity contribution in [1.29, 1.82) is 0 Å². The Morgan fingerprint density at radius 1 is 1.15 bits per heavy atom. The van der Waals surface area contributed by atoms with Gasteiger partial charge >= 0.3 is 6.18 Å². The number of alkyl halides is 3. The fraction of sp³-hybridized carbons (Fsp3) is 0.526. The Morgan fingerprint density at radius 3 is 2.38 bits per heavy atom. The standard InChI is InChI=1S/C19H20F3NO3/c1-13(19(20,21)22)26-15-4-2-14(3-5-15)23-11-10-17(16(23)24)6-8-18(9-7-17)12-25-18/h2-6,8,13H,7,9-12H2,1H3/t13-,17?,18?/m1/s1. The molecule has 2 fully saturated rings. The summed E-state index contributed by atoms with van der Waals surface area (Å²) in [7, 11) is 0. The second-order valence-electron chi connectivity index (χ2n) is 7.35. The topological polar surface area (TPSA) is 42.1 Å². The van der Waals surface area contributed by atoms with Gasteiger partial charge in [0.2, 0.25) is 5.91 Å². The summed E-state index contributed by atoms with van der Waals surface area (Å²) in [5.41, 5.74) is 0.0693. The van der Waals surface area contributed by atoms with Crippen molar-refractivity contribution in [3.8, 4) is 5.75 Å². The predicted octanol–water partition coefficient (Wildman–Crippen LogP) is 3.86. The van der Waals surface area contributed by atoms with Crippen molar-refractivity contribution in [2.24, 2.45) is 5.41 Å². The molecule has 140 valence electrons. The van der Waals surface area contributed by atoms with E-state index in [0.717, 1.165) is 32.8 Å². The number of ether oxygens (including phenoxy) is 2. The fourth-order valence-electron chi connectivity index (χ4n) is 3.64. The first kappa shape index (κ1) is 17.4. The molecule has 2 spiro atoms. The summed E-state index contributed by atoms with van der Waals surface area (Å²) in [6, 6.07) is 6.21. The molecule has 0 saturated carbocycles. The number of nitrogens with zero attached hydrogens (tertiary/aromatic N) is 1. The van der Waals surface area contributed by atoms with Crippen LogP contribution in [-0.2, 0) is 9.53 Å². The molecule has 4 rings (SSSR count). The Kier molecular flexibility index (Phi) is 3.84. The molecule has 2 unspecified atom stereocenters. The highest BCUT2D eigenvalue weighted by Crippen LogP contribution is 2.49.